The average Bonchev–Trinajstić information content (AvgIpc) is 3.56. The predicted octanol–water partition coefficient (Wildman–Crippen LogP) is 4.24. The number of aryl methyl sites for hydroxylation is 1. The van der Waals surface area contributed by atoms with Crippen molar-refractivity contribution in [1.29, 1.82) is 0 Å². The number of nitrogens with one attached hydrogen (secondary N) is 1. The van der Waals surface area contributed by atoms with Gasteiger partial charge in [0.25, 0.3) is 0 Å². The molecule has 0 radical (unpaired) electrons. The van der Waals surface area contributed by atoms with Crippen LogP contribution < -0.4 is 0 Å². The molecule has 1 unspecified atom stereocenters. The van der Waals surface area contributed by atoms with Crippen molar-refractivity contribution in [3.05, 3.63) is 61.1 Å². The Bertz CT molecular complexity index is 1070. The van der Waals surface area contributed by atoms with Gasteiger partial charge in [-0.3, -0.25) is 9.25 Å². The molecular weight excluding hydrogens is 386 g/mol. The van der Waals surface area contributed by atoms with Crippen molar-refractivity contribution >= 4 is 10.9 Å². The van der Waals surface area contributed by atoms with E-state index in [0.717, 1.165) is 24.6 Å². The van der Waals surface area contributed by atoms with Gasteiger partial charge < -0.3 is 9.88 Å². The molecule has 1 saturated heterocycles. The lowest BCUT2D eigenvalue weighted by Crippen LogP contribution is -2.37. The first kappa shape index (κ1) is 20.0. The molecule has 1 fully saturated rings. The predicted molar refractivity (Wildman–Crippen MR) is 122 cm³/mol. The number of fused-ring (bicyclic) bond motifs is 1. The van der Waals surface area contributed by atoms with Crippen molar-refractivity contribution in [2.24, 2.45) is 5.92 Å². The summed E-state index contributed by atoms with van der Waals surface area (Å²) in [6.45, 7) is 5.78. The largest absolute Gasteiger partial charge is 0.361 e. The lowest BCUT2D eigenvalue weighted by molar-refractivity contribution is 0.157. The van der Waals surface area contributed by atoms with Crippen LogP contribution in [-0.4, -0.2) is 54.1 Å². The lowest BCUT2D eigenvalue weighted by Gasteiger charge is -2.33. The van der Waals surface area contributed by atoms with Crippen LogP contribution >= 0.6 is 0 Å². The van der Waals surface area contributed by atoms with Crippen LogP contribution in [0.1, 0.15) is 44.2 Å². The minimum atomic E-state index is 0.441. The minimum absolute atomic E-state index is 0.441. The third kappa shape index (κ3) is 4.56. The quantitative estimate of drug-likeness (QED) is 0.466. The molecule has 1 aliphatic heterocycles. The van der Waals surface area contributed by atoms with Gasteiger partial charge in [0.15, 0.2) is 0 Å². The maximum atomic E-state index is 4.38. The Balaban J connectivity index is 1.11. The average molecular weight is 418 g/mol. The highest BCUT2D eigenvalue weighted by atomic mass is 15.3. The van der Waals surface area contributed by atoms with Crippen molar-refractivity contribution in [1.82, 2.24) is 34.4 Å². The number of aromatic nitrogens is 6. The maximum Gasteiger partial charge on any atom is 0.123 e. The van der Waals surface area contributed by atoms with Gasteiger partial charge in [-0.15, -0.1) is 10.2 Å². The summed E-state index contributed by atoms with van der Waals surface area (Å²) in [4.78, 5) is 6.04. The normalized spacial score (nSPS) is 16.8. The number of aromatic amines is 1. The molecule has 0 amide bonds. The molecule has 1 atom stereocenters. The zero-order chi connectivity index (χ0) is 21.0. The smallest absolute Gasteiger partial charge is 0.123 e. The Labute approximate surface area is 183 Å². The van der Waals surface area contributed by atoms with Crippen LogP contribution in [0.3, 0.4) is 0 Å². The summed E-state index contributed by atoms with van der Waals surface area (Å²) in [7, 11) is 0. The molecule has 1 aromatic carbocycles. The first-order chi connectivity index (χ1) is 15.3. The summed E-state index contributed by atoms with van der Waals surface area (Å²) < 4.78 is 4.03. The van der Waals surface area contributed by atoms with E-state index >= 15 is 0 Å². The van der Waals surface area contributed by atoms with E-state index in [1.807, 2.05) is 16.8 Å². The molecule has 0 spiro atoms. The van der Waals surface area contributed by atoms with Gasteiger partial charge >= 0.3 is 0 Å². The van der Waals surface area contributed by atoms with Crippen LogP contribution in [0, 0.1) is 5.92 Å². The number of nitrogens with zero attached hydrogens (tertiary/aromatic N) is 6. The molecule has 1 aliphatic rings. The molecule has 0 saturated carbocycles. The summed E-state index contributed by atoms with van der Waals surface area (Å²) in [6, 6.07) is 8.94. The van der Waals surface area contributed by atoms with Gasteiger partial charge in [-0.05, 0) is 81.4 Å². The molecule has 0 bridgehead atoms. The number of piperidine rings is 1. The van der Waals surface area contributed by atoms with Gasteiger partial charge in [0, 0.05) is 41.7 Å². The fourth-order valence-electron chi connectivity index (χ4n) is 4.91. The standard InChI is InChI=1S/C24H31N7/c1-19(31-11-3-10-28-31)16-29-12-8-20(9-13-29)4-2-5-21-15-25-24-7-6-22(14-23(21)24)30-17-26-27-18-30/h3,6-7,10-11,14-15,17-20,25H,2,4-5,8-9,12-13,16H2,1H3. The number of hydrogen-bond donors (Lipinski definition) is 1. The molecule has 0 aliphatic carbocycles. The van der Waals surface area contributed by atoms with Crippen molar-refractivity contribution in [2.75, 3.05) is 19.6 Å². The van der Waals surface area contributed by atoms with E-state index in [9.17, 15) is 0 Å². The Morgan fingerprint density at radius 1 is 1.16 bits per heavy atom. The van der Waals surface area contributed by atoms with Crippen molar-refractivity contribution in [2.45, 2.75) is 45.1 Å². The summed E-state index contributed by atoms with van der Waals surface area (Å²) in [5, 5.41) is 13.5. The SMILES string of the molecule is CC(CN1CCC(CCCc2c[nH]c3ccc(-n4cnnc4)cc23)CC1)n1cccn1. The molecule has 7 heteroatoms. The van der Waals surface area contributed by atoms with Crippen molar-refractivity contribution in [3.8, 4) is 5.69 Å². The lowest BCUT2D eigenvalue weighted by atomic mass is 9.90. The molecule has 31 heavy (non-hydrogen) atoms. The van der Waals surface area contributed by atoms with Crippen LogP contribution in [0.5, 0.6) is 0 Å². The monoisotopic (exact) mass is 417 g/mol. The van der Waals surface area contributed by atoms with E-state index in [0.29, 0.717) is 6.04 Å². The fourth-order valence-corrected chi connectivity index (χ4v) is 4.91. The van der Waals surface area contributed by atoms with E-state index in [4.69, 9.17) is 0 Å². The highest BCUT2D eigenvalue weighted by Crippen LogP contribution is 2.27. The number of rotatable bonds is 8. The molecular formula is C24H31N7. The molecule has 162 valence electrons. The van der Waals surface area contributed by atoms with E-state index in [2.05, 4.69) is 67.4 Å². The third-order valence-electron chi connectivity index (χ3n) is 6.73. The maximum absolute atomic E-state index is 4.38. The Kier molecular flexibility index (Phi) is 5.84. The molecule has 1 N–H and O–H groups in total. The highest BCUT2D eigenvalue weighted by Gasteiger charge is 2.21. The van der Waals surface area contributed by atoms with E-state index in [-0.39, 0.29) is 0 Å². The second-order valence-corrected chi connectivity index (χ2v) is 8.88. The number of benzene rings is 1. The van der Waals surface area contributed by atoms with Crippen LogP contribution in [0.25, 0.3) is 16.6 Å². The molecule has 4 aromatic rings. The van der Waals surface area contributed by atoms with Gasteiger partial charge in [-0.1, -0.05) is 6.42 Å². The zero-order valence-electron chi connectivity index (χ0n) is 18.2. The summed E-state index contributed by atoms with van der Waals surface area (Å²) >= 11 is 0. The fraction of sp³-hybridized carbons (Fsp3) is 0.458. The first-order valence-electron chi connectivity index (χ1n) is 11.4. The third-order valence-corrected chi connectivity index (χ3v) is 6.73. The van der Waals surface area contributed by atoms with Gasteiger partial charge in [0.05, 0.1) is 6.04 Å². The van der Waals surface area contributed by atoms with Crippen LogP contribution in [0.15, 0.2) is 55.5 Å². The van der Waals surface area contributed by atoms with Gasteiger partial charge in [-0.2, -0.15) is 5.10 Å². The molecule has 7 nitrogen and oxygen atoms in total. The van der Waals surface area contributed by atoms with Crippen LogP contribution in [0.4, 0.5) is 0 Å². The van der Waals surface area contributed by atoms with Crippen molar-refractivity contribution < 1.29 is 0 Å². The van der Waals surface area contributed by atoms with Crippen molar-refractivity contribution in [3.63, 3.8) is 0 Å². The second kappa shape index (κ2) is 9.06. The molecule has 4 heterocycles. The van der Waals surface area contributed by atoms with Gasteiger partial charge in [-0.25, -0.2) is 0 Å². The number of likely N-dealkylation sites (tertiary alicyclic amines) is 1. The summed E-state index contributed by atoms with van der Waals surface area (Å²) in [5.41, 5.74) is 3.72. The van der Waals surface area contributed by atoms with Gasteiger partial charge in [0.2, 0.25) is 0 Å². The van der Waals surface area contributed by atoms with Crippen LogP contribution in [0.2, 0.25) is 0 Å². The van der Waals surface area contributed by atoms with Crippen LogP contribution in [-0.2, 0) is 6.42 Å². The highest BCUT2D eigenvalue weighted by molar-refractivity contribution is 5.85. The summed E-state index contributed by atoms with van der Waals surface area (Å²) in [6.07, 6.45) is 15.9. The molecule has 3 aromatic heterocycles. The Morgan fingerprint density at radius 3 is 2.77 bits per heavy atom. The number of hydrogen-bond acceptors (Lipinski definition) is 4. The van der Waals surface area contributed by atoms with Gasteiger partial charge in [0.1, 0.15) is 12.7 Å². The van der Waals surface area contributed by atoms with E-state index in [1.54, 1.807) is 12.7 Å². The van der Waals surface area contributed by atoms with E-state index in [1.165, 1.54) is 55.2 Å². The van der Waals surface area contributed by atoms with E-state index < -0.39 is 0 Å². The Hall–Kier alpha value is -2.93. The molecule has 5 rings (SSSR count). The summed E-state index contributed by atoms with van der Waals surface area (Å²) in [5.74, 6) is 0.856. The topological polar surface area (TPSA) is 67.6 Å². The zero-order valence-corrected chi connectivity index (χ0v) is 18.2. The second-order valence-electron chi connectivity index (χ2n) is 8.88. The number of H-pyrrole nitrogens is 1. The Morgan fingerprint density at radius 2 is 2.00 bits per heavy atom. The minimum Gasteiger partial charge on any atom is -0.361 e. The first-order valence-corrected chi connectivity index (χ1v) is 11.4.